The smallest absolute Gasteiger partial charge is 0.276 e. The minimum absolute atomic E-state index is 0.0148. The van der Waals surface area contributed by atoms with E-state index >= 15 is 0 Å². The number of likely N-dealkylation sites (tertiary alicyclic amines) is 1. The van der Waals surface area contributed by atoms with Crippen LogP contribution in [0.25, 0.3) is 0 Å². The number of nitrogens with zero attached hydrogens (tertiary/aromatic N) is 3. The first-order valence-electron chi connectivity index (χ1n) is 4.49. The molecule has 3 rings (SSSR count). The third kappa shape index (κ3) is 1.03. The largest absolute Gasteiger partial charge is 0.337 e. The molecule has 2 heterocycles. The zero-order valence-corrected chi connectivity index (χ0v) is 7.10. The molecule has 1 saturated heterocycles. The molecule has 0 bridgehead atoms. The van der Waals surface area contributed by atoms with Gasteiger partial charge in [-0.2, -0.15) is 15.4 Å². The highest BCUT2D eigenvalue weighted by molar-refractivity contribution is 5.92. The highest BCUT2D eigenvalue weighted by Crippen LogP contribution is 2.45. The predicted octanol–water partition coefficient (Wildman–Crippen LogP) is -0.103. The van der Waals surface area contributed by atoms with Gasteiger partial charge in [0.05, 0.1) is 6.20 Å². The third-order valence-electron chi connectivity index (χ3n) is 2.90. The predicted molar refractivity (Wildman–Crippen MR) is 43.9 cm³/mol. The maximum atomic E-state index is 11.7. The van der Waals surface area contributed by atoms with Gasteiger partial charge in [0.25, 0.3) is 5.91 Å². The lowest BCUT2D eigenvalue weighted by Crippen LogP contribution is -2.30. The molecule has 1 N–H and O–H groups in total. The number of carbonyl (C=O) groups is 1. The fourth-order valence-corrected chi connectivity index (χ4v) is 2.03. The van der Waals surface area contributed by atoms with E-state index in [1.165, 1.54) is 12.6 Å². The summed E-state index contributed by atoms with van der Waals surface area (Å²) in [4.78, 5) is 13.5. The van der Waals surface area contributed by atoms with Crippen molar-refractivity contribution in [3.8, 4) is 0 Å². The molecular weight excluding hydrogens is 168 g/mol. The Bertz CT molecular complexity index is 324. The summed E-state index contributed by atoms with van der Waals surface area (Å²) in [6.07, 6.45) is 2.79. The molecule has 1 aliphatic heterocycles. The minimum atomic E-state index is 0.0148. The van der Waals surface area contributed by atoms with E-state index in [1.54, 1.807) is 0 Å². The zero-order valence-electron chi connectivity index (χ0n) is 7.10. The van der Waals surface area contributed by atoms with Gasteiger partial charge in [-0.05, 0) is 18.3 Å². The van der Waals surface area contributed by atoms with Crippen LogP contribution in [0.1, 0.15) is 16.9 Å². The third-order valence-corrected chi connectivity index (χ3v) is 2.90. The molecule has 1 aromatic heterocycles. The molecule has 0 aromatic carbocycles. The lowest BCUT2D eigenvalue weighted by molar-refractivity contribution is 0.0769. The van der Waals surface area contributed by atoms with Crippen molar-refractivity contribution in [2.45, 2.75) is 6.42 Å². The van der Waals surface area contributed by atoms with Crippen LogP contribution in [-0.2, 0) is 0 Å². The Balaban J connectivity index is 1.75. The number of fused-ring (bicyclic) bond motifs is 1. The molecule has 1 saturated carbocycles. The second-order valence-corrected chi connectivity index (χ2v) is 3.82. The molecule has 1 aromatic rings. The van der Waals surface area contributed by atoms with Crippen molar-refractivity contribution in [3.05, 3.63) is 11.9 Å². The van der Waals surface area contributed by atoms with Crippen LogP contribution in [0.15, 0.2) is 6.20 Å². The van der Waals surface area contributed by atoms with Crippen molar-refractivity contribution >= 4 is 5.91 Å². The van der Waals surface area contributed by atoms with Gasteiger partial charge in [0.2, 0.25) is 0 Å². The minimum Gasteiger partial charge on any atom is -0.337 e. The van der Waals surface area contributed by atoms with Crippen LogP contribution in [0.5, 0.6) is 0 Å². The Morgan fingerprint density at radius 2 is 2.31 bits per heavy atom. The highest BCUT2D eigenvalue weighted by atomic mass is 16.2. The molecule has 2 unspecified atom stereocenters. The average Bonchev–Trinajstić information content (AvgIpc) is 2.63. The van der Waals surface area contributed by atoms with Gasteiger partial charge in [-0.3, -0.25) is 4.79 Å². The molecule has 0 radical (unpaired) electrons. The Hall–Kier alpha value is -1.39. The van der Waals surface area contributed by atoms with Crippen LogP contribution in [0.2, 0.25) is 0 Å². The van der Waals surface area contributed by atoms with E-state index in [0.717, 1.165) is 24.9 Å². The molecule has 1 amide bonds. The highest BCUT2D eigenvalue weighted by Gasteiger charge is 2.46. The number of amides is 1. The zero-order chi connectivity index (χ0) is 8.84. The second-order valence-electron chi connectivity index (χ2n) is 3.82. The number of rotatable bonds is 1. The van der Waals surface area contributed by atoms with Crippen molar-refractivity contribution in [3.63, 3.8) is 0 Å². The standard InChI is InChI=1S/C8H10N4O/c13-8(7-2-9-11-10-7)12-3-5-1-6(5)4-12/h2,5-6H,1,3-4H2,(H,9,10,11). The van der Waals surface area contributed by atoms with Crippen molar-refractivity contribution in [2.24, 2.45) is 11.8 Å². The van der Waals surface area contributed by atoms with E-state index in [2.05, 4.69) is 15.4 Å². The summed E-state index contributed by atoms with van der Waals surface area (Å²) in [6, 6.07) is 0. The number of H-pyrrole nitrogens is 1. The van der Waals surface area contributed by atoms with Crippen molar-refractivity contribution in [1.82, 2.24) is 20.3 Å². The van der Waals surface area contributed by atoms with Crippen LogP contribution >= 0.6 is 0 Å². The summed E-state index contributed by atoms with van der Waals surface area (Å²) in [5, 5.41) is 9.84. The Morgan fingerprint density at radius 1 is 1.54 bits per heavy atom. The molecule has 68 valence electrons. The van der Waals surface area contributed by atoms with Gasteiger partial charge in [-0.15, -0.1) is 0 Å². The molecule has 2 atom stereocenters. The second kappa shape index (κ2) is 2.31. The van der Waals surface area contributed by atoms with Gasteiger partial charge in [0, 0.05) is 13.1 Å². The van der Waals surface area contributed by atoms with Crippen LogP contribution < -0.4 is 0 Å². The van der Waals surface area contributed by atoms with E-state index in [4.69, 9.17) is 0 Å². The number of aromatic amines is 1. The van der Waals surface area contributed by atoms with E-state index in [1.807, 2.05) is 4.90 Å². The van der Waals surface area contributed by atoms with Crippen LogP contribution in [0, 0.1) is 11.8 Å². The van der Waals surface area contributed by atoms with E-state index < -0.39 is 0 Å². The maximum Gasteiger partial charge on any atom is 0.276 e. The first-order chi connectivity index (χ1) is 6.34. The van der Waals surface area contributed by atoms with Crippen molar-refractivity contribution < 1.29 is 4.79 Å². The molecule has 2 aliphatic rings. The van der Waals surface area contributed by atoms with Gasteiger partial charge in [-0.25, -0.2) is 0 Å². The first-order valence-corrected chi connectivity index (χ1v) is 4.49. The number of carbonyl (C=O) groups excluding carboxylic acids is 1. The summed E-state index contributed by atoms with van der Waals surface area (Å²) < 4.78 is 0. The molecule has 0 spiro atoms. The van der Waals surface area contributed by atoms with Gasteiger partial charge < -0.3 is 4.90 Å². The SMILES string of the molecule is O=C(c1cn[nH]n1)N1CC2CC2C1. The topological polar surface area (TPSA) is 61.9 Å². The van der Waals surface area contributed by atoms with Gasteiger partial charge in [0.15, 0.2) is 5.69 Å². The van der Waals surface area contributed by atoms with Gasteiger partial charge in [-0.1, -0.05) is 0 Å². The summed E-state index contributed by atoms with van der Waals surface area (Å²) in [5.41, 5.74) is 0.432. The summed E-state index contributed by atoms with van der Waals surface area (Å²) in [7, 11) is 0. The number of nitrogens with one attached hydrogen (secondary N) is 1. The van der Waals surface area contributed by atoms with Crippen molar-refractivity contribution in [1.29, 1.82) is 0 Å². The number of piperidine rings is 1. The fourth-order valence-electron chi connectivity index (χ4n) is 2.03. The van der Waals surface area contributed by atoms with Gasteiger partial charge in [0.1, 0.15) is 0 Å². The average molecular weight is 178 g/mol. The Kier molecular flexibility index (Phi) is 1.25. The normalized spacial score (nSPS) is 30.3. The molecule has 5 heteroatoms. The molecule has 2 fully saturated rings. The monoisotopic (exact) mass is 178 g/mol. The molecule has 1 aliphatic carbocycles. The van der Waals surface area contributed by atoms with E-state index in [0.29, 0.717) is 5.69 Å². The summed E-state index contributed by atoms with van der Waals surface area (Å²) >= 11 is 0. The quantitative estimate of drug-likeness (QED) is 0.653. The van der Waals surface area contributed by atoms with Crippen molar-refractivity contribution in [2.75, 3.05) is 13.1 Å². The lowest BCUT2D eigenvalue weighted by Gasteiger charge is -2.15. The van der Waals surface area contributed by atoms with E-state index in [-0.39, 0.29) is 5.91 Å². The number of aromatic nitrogens is 3. The summed E-state index contributed by atoms with van der Waals surface area (Å²) in [6.45, 7) is 1.83. The van der Waals surface area contributed by atoms with Crippen LogP contribution in [0.3, 0.4) is 0 Å². The Morgan fingerprint density at radius 3 is 2.92 bits per heavy atom. The van der Waals surface area contributed by atoms with Gasteiger partial charge >= 0.3 is 0 Å². The van der Waals surface area contributed by atoms with E-state index in [9.17, 15) is 4.79 Å². The number of hydrogen-bond acceptors (Lipinski definition) is 3. The lowest BCUT2D eigenvalue weighted by atomic mass is 10.3. The fraction of sp³-hybridized carbons (Fsp3) is 0.625. The molecular formula is C8H10N4O. The maximum absolute atomic E-state index is 11.7. The van der Waals surface area contributed by atoms with Crippen LogP contribution in [-0.4, -0.2) is 39.3 Å². The first kappa shape index (κ1) is 7.06. The summed E-state index contributed by atoms with van der Waals surface area (Å²) in [5.74, 6) is 1.56. The molecule has 13 heavy (non-hydrogen) atoms. The number of hydrogen-bond donors (Lipinski definition) is 1. The Labute approximate surface area is 75.1 Å². The molecule has 5 nitrogen and oxygen atoms in total. The van der Waals surface area contributed by atoms with Crippen LogP contribution in [0.4, 0.5) is 0 Å².